The fourth-order valence-corrected chi connectivity index (χ4v) is 2.43. The summed E-state index contributed by atoms with van der Waals surface area (Å²) in [7, 11) is 0. The van der Waals surface area contributed by atoms with Gasteiger partial charge in [-0.05, 0) is 30.0 Å². The van der Waals surface area contributed by atoms with Crippen LogP contribution < -0.4 is 0 Å². The van der Waals surface area contributed by atoms with Gasteiger partial charge in [0.2, 0.25) is 0 Å². The van der Waals surface area contributed by atoms with Gasteiger partial charge in [-0.25, -0.2) is 0 Å². The minimum Gasteiger partial charge on any atom is -0.299 e. The zero-order valence-corrected chi connectivity index (χ0v) is 10.9. The van der Waals surface area contributed by atoms with E-state index in [1.807, 2.05) is 18.2 Å². The summed E-state index contributed by atoms with van der Waals surface area (Å²) in [5, 5.41) is 0.924. The highest BCUT2D eigenvalue weighted by atomic mass is 35.5. The first kappa shape index (κ1) is 13.6. The quantitative estimate of drug-likeness (QED) is 0.735. The number of benzene rings is 1. The van der Waals surface area contributed by atoms with Crippen molar-refractivity contribution in [1.82, 2.24) is 4.90 Å². The van der Waals surface area contributed by atoms with E-state index in [0.717, 1.165) is 37.5 Å². The molecule has 1 nitrogen and oxygen atoms in total. The monoisotopic (exact) mass is 257 g/mol. The molecule has 0 saturated heterocycles. The highest BCUT2D eigenvalue weighted by molar-refractivity contribution is 6.31. The Bertz CT molecular complexity index is 363. The third-order valence-electron chi connectivity index (χ3n) is 2.98. The highest BCUT2D eigenvalue weighted by Gasteiger charge is 2.14. The third kappa shape index (κ3) is 3.00. The molecule has 3 heteroatoms. The molecule has 0 aliphatic carbocycles. The minimum absolute atomic E-state index is 0. The smallest absolute Gasteiger partial charge is 0.0441 e. The molecule has 0 bridgehead atoms. The van der Waals surface area contributed by atoms with E-state index in [1.54, 1.807) is 0 Å². The topological polar surface area (TPSA) is 3.24 Å². The van der Waals surface area contributed by atoms with E-state index in [2.05, 4.69) is 17.5 Å². The standard InChI is InChI=1S/C13H16ClN.ClH/c1-2-8-15-9-6-11-4-3-5-13(14)12(11)7-10-15;/h2-5H,1,6-10H2;1H. The average Bonchev–Trinajstić information content (AvgIpc) is 2.43. The molecule has 1 aromatic carbocycles. The number of rotatable bonds is 2. The highest BCUT2D eigenvalue weighted by Crippen LogP contribution is 2.23. The molecule has 1 aliphatic rings. The van der Waals surface area contributed by atoms with Crippen LogP contribution in [0.25, 0.3) is 0 Å². The van der Waals surface area contributed by atoms with Crippen molar-refractivity contribution in [3.05, 3.63) is 47.0 Å². The summed E-state index contributed by atoms with van der Waals surface area (Å²) >= 11 is 6.20. The molecule has 0 fully saturated rings. The normalized spacial score (nSPS) is 15.8. The number of halogens is 2. The van der Waals surface area contributed by atoms with Crippen molar-refractivity contribution in [2.24, 2.45) is 0 Å². The Morgan fingerprint density at radius 2 is 2.06 bits per heavy atom. The summed E-state index contributed by atoms with van der Waals surface area (Å²) < 4.78 is 0. The van der Waals surface area contributed by atoms with Crippen molar-refractivity contribution in [3.63, 3.8) is 0 Å². The SMILES string of the molecule is C=CCN1CCc2cccc(Cl)c2CC1.Cl. The van der Waals surface area contributed by atoms with Crippen molar-refractivity contribution in [3.8, 4) is 0 Å². The van der Waals surface area contributed by atoms with Gasteiger partial charge in [0.05, 0.1) is 0 Å². The van der Waals surface area contributed by atoms with Crippen LogP contribution in [0.4, 0.5) is 0 Å². The molecule has 0 aromatic heterocycles. The van der Waals surface area contributed by atoms with Crippen LogP contribution in [0.1, 0.15) is 11.1 Å². The van der Waals surface area contributed by atoms with Crippen LogP contribution in [0, 0.1) is 0 Å². The Labute approximate surface area is 109 Å². The lowest BCUT2D eigenvalue weighted by Gasteiger charge is -2.16. The second-order valence-corrected chi connectivity index (χ2v) is 4.37. The summed E-state index contributed by atoms with van der Waals surface area (Å²) in [5.74, 6) is 0. The summed E-state index contributed by atoms with van der Waals surface area (Å²) in [5.41, 5.74) is 2.75. The Hall–Kier alpha value is -0.500. The second-order valence-electron chi connectivity index (χ2n) is 3.97. The van der Waals surface area contributed by atoms with Gasteiger partial charge in [-0.15, -0.1) is 19.0 Å². The molecule has 0 N–H and O–H groups in total. The summed E-state index contributed by atoms with van der Waals surface area (Å²) in [4.78, 5) is 2.42. The van der Waals surface area contributed by atoms with Crippen molar-refractivity contribution < 1.29 is 0 Å². The second kappa shape index (κ2) is 6.29. The van der Waals surface area contributed by atoms with E-state index >= 15 is 0 Å². The molecule has 1 heterocycles. The number of hydrogen-bond donors (Lipinski definition) is 0. The molecule has 0 saturated carbocycles. The lowest BCUT2D eigenvalue weighted by Crippen LogP contribution is -2.26. The molecule has 0 unspecified atom stereocenters. The third-order valence-corrected chi connectivity index (χ3v) is 3.33. The number of nitrogens with zero attached hydrogens (tertiary/aromatic N) is 1. The molecule has 2 rings (SSSR count). The minimum atomic E-state index is 0. The molecule has 0 atom stereocenters. The summed E-state index contributed by atoms with van der Waals surface area (Å²) in [6, 6.07) is 6.23. The Morgan fingerprint density at radius 3 is 2.81 bits per heavy atom. The van der Waals surface area contributed by atoms with Crippen LogP contribution in [-0.2, 0) is 12.8 Å². The molecule has 16 heavy (non-hydrogen) atoms. The first-order valence-electron chi connectivity index (χ1n) is 5.41. The molecule has 88 valence electrons. The maximum Gasteiger partial charge on any atom is 0.0441 e. The first-order valence-corrected chi connectivity index (χ1v) is 5.78. The summed E-state index contributed by atoms with van der Waals surface area (Å²) in [6.07, 6.45) is 4.13. The van der Waals surface area contributed by atoms with E-state index < -0.39 is 0 Å². The first-order chi connectivity index (χ1) is 7.31. The summed E-state index contributed by atoms with van der Waals surface area (Å²) in [6.45, 7) is 6.96. The predicted molar refractivity (Wildman–Crippen MR) is 72.7 cm³/mol. The van der Waals surface area contributed by atoms with Gasteiger partial charge in [0.1, 0.15) is 0 Å². The van der Waals surface area contributed by atoms with Crippen molar-refractivity contribution in [2.45, 2.75) is 12.8 Å². The molecule has 0 spiro atoms. The van der Waals surface area contributed by atoms with Gasteiger partial charge in [0.25, 0.3) is 0 Å². The Balaban J connectivity index is 0.00000128. The fourth-order valence-electron chi connectivity index (χ4n) is 2.14. The van der Waals surface area contributed by atoms with E-state index in [0.29, 0.717) is 0 Å². The number of hydrogen-bond acceptors (Lipinski definition) is 1. The van der Waals surface area contributed by atoms with E-state index in [1.165, 1.54) is 11.1 Å². The molecule has 1 aliphatic heterocycles. The van der Waals surface area contributed by atoms with E-state index in [9.17, 15) is 0 Å². The molecular weight excluding hydrogens is 241 g/mol. The van der Waals surface area contributed by atoms with Crippen molar-refractivity contribution in [2.75, 3.05) is 19.6 Å². The molecule has 1 aromatic rings. The van der Waals surface area contributed by atoms with Crippen molar-refractivity contribution >= 4 is 24.0 Å². The molecule has 0 radical (unpaired) electrons. The Kier molecular flexibility index (Phi) is 5.33. The maximum absolute atomic E-state index is 6.20. The largest absolute Gasteiger partial charge is 0.299 e. The van der Waals surface area contributed by atoms with Gasteiger partial charge < -0.3 is 0 Å². The average molecular weight is 258 g/mol. The van der Waals surface area contributed by atoms with Gasteiger partial charge in [-0.2, -0.15) is 0 Å². The fraction of sp³-hybridized carbons (Fsp3) is 0.385. The van der Waals surface area contributed by atoms with Crippen LogP contribution >= 0.6 is 24.0 Å². The Morgan fingerprint density at radius 1 is 1.31 bits per heavy atom. The van der Waals surface area contributed by atoms with Crippen molar-refractivity contribution in [1.29, 1.82) is 0 Å². The van der Waals surface area contributed by atoms with E-state index in [-0.39, 0.29) is 12.4 Å². The van der Waals surface area contributed by atoms with Gasteiger partial charge in [-0.3, -0.25) is 4.90 Å². The van der Waals surface area contributed by atoms with Gasteiger partial charge in [0, 0.05) is 24.7 Å². The van der Waals surface area contributed by atoms with Crippen LogP contribution in [0.2, 0.25) is 5.02 Å². The molecular formula is C13H17Cl2N. The maximum atomic E-state index is 6.20. The zero-order chi connectivity index (χ0) is 10.7. The lowest BCUT2D eigenvalue weighted by molar-refractivity contribution is 0.318. The predicted octanol–water partition coefficient (Wildman–Crippen LogP) is 3.35. The van der Waals surface area contributed by atoms with Crippen LogP contribution in [0.15, 0.2) is 30.9 Å². The number of fused-ring (bicyclic) bond motifs is 1. The van der Waals surface area contributed by atoms with Crippen LogP contribution in [0.3, 0.4) is 0 Å². The molecule has 0 amide bonds. The van der Waals surface area contributed by atoms with E-state index in [4.69, 9.17) is 11.6 Å². The lowest BCUT2D eigenvalue weighted by atomic mass is 10.0. The zero-order valence-electron chi connectivity index (χ0n) is 9.29. The van der Waals surface area contributed by atoms with Gasteiger partial charge in [-0.1, -0.05) is 29.8 Å². The van der Waals surface area contributed by atoms with Crippen LogP contribution in [0.5, 0.6) is 0 Å². The van der Waals surface area contributed by atoms with Gasteiger partial charge in [0.15, 0.2) is 0 Å². The van der Waals surface area contributed by atoms with Crippen LogP contribution in [-0.4, -0.2) is 24.5 Å². The van der Waals surface area contributed by atoms with Gasteiger partial charge >= 0.3 is 0 Å².